The van der Waals surface area contributed by atoms with Gasteiger partial charge in [-0.15, -0.1) is 11.3 Å². The minimum Gasteiger partial charge on any atom is -0.373 e. The molecule has 0 saturated heterocycles. The first-order valence-corrected chi connectivity index (χ1v) is 8.41. The van der Waals surface area contributed by atoms with Gasteiger partial charge >= 0.3 is 0 Å². The highest BCUT2D eigenvalue weighted by Gasteiger charge is 2.40. The van der Waals surface area contributed by atoms with Gasteiger partial charge in [0.25, 0.3) is 0 Å². The van der Waals surface area contributed by atoms with E-state index in [-0.39, 0.29) is 5.60 Å². The molecule has 1 unspecified atom stereocenters. The molecule has 0 bridgehead atoms. The zero-order chi connectivity index (χ0) is 13.7. The Morgan fingerprint density at radius 3 is 2.42 bits per heavy atom. The van der Waals surface area contributed by atoms with Crippen molar-refractivity contribution in [1.82, 2.24) is 5.32 Å². The van der Waals surface area contributed by atoms with Gasteiger partial charge in [0.05, 0.1) is 11.6 Å². The number of aryl methyl sites for hydroxylation is 1. The summed E-state index contributed by atoms with van der Waals surface area (Å²) in [5.74, 6) is 0. The molecule has 0 amide bonds. The molecule has 0 aliphatic heterocycles. The first-order valence-electron chi connectivity index (χ1n) is 7.59. The Bertz CT molecular complexity index is 380. The SMILES string of the molecule is CCOC1(C(NC)c2ccc(C)s2)CCCCCC1. The standard InChI is InChI=1S/C16H27NOS/c1-4-18-16(11-7-5-6-8-12-16)15(17-3)14-10-9-13(2)19-14/h9-10,15,17H,4-8,11-12H2,1-3H3. The molecule has 1 N–H and O–H groups in total. The highest BCUT2D eigenvalue weighted by atomic mass is 32.1. The van der Waals surface area contributed by atoms with E-state index in [0.29, 0.717) is 6.04 Å². The summed E-state index contributed by atoms with van der Waals surface area (Å²) in [5.41, 5.74) is -0.00269. The number of nitrogens with one attached hydrogen (secondary N) is 1. The van der Waals surface area contributed by atoms with Gasteiger partial charge < -0.3 is 10.1 Å². The third-order valence-corrected chi connectivity index (χ3v) is 5.31. The molecule has 1 aliphatic rings. The van der Waals surface area contributed by atoms with E-state index in [2.05, 4.69) is 38.3 Å². The predicted octanol–water partition coefficient (Wildman–Crippen LogP) is 4.45. The molecule has 19 heavy (non-hydrogen) atoms. The van der Waals surface area contributed by atoms with Crippen LogP contribution in [0.25, 0.3) is 0 Å². The van der Waals surface area contributed by atoms with E-state index in [1.165, 1.54) is 48.3 Å². The Morgan fingerprint density at radius 2 is 1.95 bits per heavy atom. The lowest BCUT2D eigenvalue weighted by atomic mass is 9.85. The van der Waals surface area contributed by atoms with Crippen molar-refractivity contribution in [3.8, 4) is 0 Å². The highest BCUT2D eigenvalue weighted by molar-refractivity contribution is 7.12. The average Bonchev–Trinajstić information content (AvgIpc) is 2.67. The van der Waals surface area contributed by atoms with Crippen LogP contribution in [0.4, 0.5) is 0 Å². The fourth-order valence-corrected chi connectivity index (χ4v) is 4.50. The van der Waals surface area contributed by atoms with E-state index in [1.807, 2.05) is 11.3 Å². The second-order valence-electron chi connectivity index (χ2n) is 5.58. The molecule has 3 heteroatoms. The fraction of sp³-hybridized carbons (Fsp3) is 0.750. The number of ether oxygens (including phenoxy) is 1. The van der Waals surface area contributed by atoms with Gasteiger partial charge in [0, 0.05) is 16.4 Å². The van der Waals surface area contributed by atoms with Crippen LogP contribution in [0, 0.1) is 6.92 Å². The van der Waals surface area contributed by atoms with Gasteiger partial charge in [0.15, 0.2) is 0 Å². The quantitative estimate of drug-likeness (QED) is 0.805. The van der Waals surface area contributed by atoms with E-state index < -0.39 is 0 Å². The first-order chi connectivity index (χ1) is 9.22. The summed E-state index contributed by atoms with van der Waals surface area (Å²) in [4.78, 5) is 2.81. The van der Waals surface area contributed by atoms with Crippen LogP contribution in [-0.2, 0) is 4.74 Å². The van der Waals surface area contributed by atoms with E-state index >= 15 is 0 Å². The molecular formula is C16H27NOS. The van der Waals surface area contributed by atoms with E-state index in [9.17, 15) is 0 Å². The lowest BCUT2D eigenvalue weighted by Crippen LogP contribution is -2.44. The molecule has 1 aromatic heterocycles. The van der Waals surface area contributed by atoms with E-state index in [4.69, 9.17) is 4.74 Å². The summed E-state index contributed by atoms with van der Waals surface area (Å²) in [6.45, 7) is 5.11. The molecule has 1 aromatic rings. The van der Waals surface area contributed by atoms with Crippen molar-refractivity contribution in [2.45, 2.75) is 64.0 Å². The summed E-state index contributed by atoms with van der Waals surface area (Å²) < 4.78 is 6.31. The maximum Gasteiger partial charge on any atom is 0.0884 e. The first kappa shape index (κ1) is 15.0. The maximum atomic E-state index is 6.31. The number of thiophene rings is 1. The van der Waals surface area contributed by atoms with Crippen LogP contribution in [0.1, 0.15) is 61.2 Å². The van der Waals surface area contributed by atoms with Crippen molar-refractivity contribution >= 4 is 11.3 Å². The number of rotatable bonds is 5. The Morgan fingerprint density at radius 1 is 1.26 bits per heavy atom. The van der Waals surface area contributed by atoms with Crippen LogP contribution in [0.5, 0.6) is 0 Å². The van der Waals surface area contributed by atoms with E-state index in [1.54, 1.807) is 0 Å². The van der Waals surface area contributed by atoms with Gasteiger partial charge in [-0.2, -0.15) is 0 Å². The Hall–Kier alpha value is -0.380. The van der Waals surface area contributed by atoms with Crippen LogP contribution in [0.2, 0.25) is 0 Å². The zero-order valence-corrected chi connectivity index (χ0v) is 13.3. The van der Waals surface area contributed by atoms with Crippen LogP contribution in [0.15, 0.2) is 12.1 Å². The smallest absolute Gasteiger partial charge is 0.0884 e. The lowest BCUT2D eigenvalue weighted by molar-refractivity contribution is -0.0759. The van der Waals surface area contributed by atoms with Gasteiger partial charge in [0.2, 0.25) is 0 Å². The molecule has 0 spiro atoms. The van der Waals surface area contributed by atoms with Crippen molar-refractivity contribution in [2.24, 2.45) is 0 Å². The highest BCUT2D eigenvalue weighted by Crippen LogP contribution is 2.42. The van der Waals surface area contributed by atoms with Crippen molar-refractivity contribution in [2.75, 3.05) is 13.7 Å². The third kappa shape index (κ3) is 3.39. The van der Waals surface area contributed by atoms with Crippen LogP contribution < -0.4 is 5.32 Å². The minimum atomic E-state index is -0.00269. The predicted molar refractivity (Wildman–Crippen MR) is 82.9 cm³/mol. The van der Waals surface area contributed by atoms with Gasteiger partial charge in [-0.1, -0.05) is 25.7 Å². The van der Waals surface area contributed by atoms with Crippen molar-refractivity contribution in [3.05, 3.63) is 21.9 Å². The summed E-state index contributed by atoms with van der Waals surface area (Å²) >= 11 is 1.90. The number of hydrogen-bond acceptors (Lipinski definition) is 3. The van der Waals surface area contributed by atoms with E-state index in [0.717, 1.165) is 6.61 Å². The fourth-order valence-electron chi connectivity index (χ4n) is 3.40. The van der Waals surface area contributed by atoms with Crippen LogP contribution in [-0.4, -0.2) is 19.3 Å². The molecule has 1 saturated carbocycles. The molecule has 2 nitrogen and oxygen atoms in total. The molecule has 0 aromatic carbocycles. The third-order valence-electron chi connectivity index (χ3n) is 4.24. The van der Waals surface area contributed by atoms with Crippen molar-refractivity contribution < 1.29 is 4.74 Å². The van der Waals surface area contributed by atoms with Gasteiger partial charge in [-0.3, -0.25) is 0 Å². The van der Waals surface area contributed by atoms with Crippen LogP contribution >= 0.6 is 11.3 Å². The summed E-state index contributed by atoms with van der Waals surface area (Å²) in [7, 11) is 2.07. The number of likely N-dealkylation sites (N-methyl/N-ethyl adjacent to an activating group) is 1. The normalized spacial score (nSPS) is 21.0. The molecule has 2 rings (SSSR count). The minimum absolute atomic E-state index is 0.00269. The molecular weight excluding hydrogens is 254 g/mol. The molecule has 1 atom stereocenters. The lowest BCUT2D eigenvalue weighted by Gasteiger charge is -2.39. The Balaban J connectivity index is 2.28. The maximum absolute atomic E-state index is 6.31. The summed E-state index contributed by atoms with van der Waals surface area (Å²) in [6.07, 6.45) is 7.67. The van der Waals surface area contributed by atoms with Crippen molar-refractivity contribution in [3.63, 3.8) is 0 Å². The van der Waals surface area contributed by atoms with Gasteiger partial charge in [0.1, 0.15) is 0 Å². The van der Waals surface area contributed by atoms with Crippen LogP contribution in [0.3, 0.4) is 0 Å². The van der Waals surface area contributed by atoms with Crippen molar-refractivity contribution in [1.29, 1.82) is 0 Å². The Labute approximate surface area is 121 Å². The molecule has 1 fully saturated rings. The van der Waals surface area contributed by atoms with Gasteiger partial charge in [-0.25, -0.2) is 0 Å². The molecule has 1 aliphatic carbocycles. The Kier molecular flexibility index (Phi) is 5.43. The molecule has 1 heterocycles. The monoisotopic (exact) mass is 281 g/mol. The zero-order valence-electron chi connectivity index (χ0n) is 12.5. The molecule has 0 radical (unpaired) electrons. The largest absolute Gasteiger partial charge is 0.373 e. The summed E-state index contributed by atoms with van der Waals surface area (Å²) in [6, 6.07) is 4.83. The topological polar surface area (TPSA) is 21.3 Å². The average molecular weight is 281 g/mol. The molecule has 108 valence electrons. The second-order valence-corrected chi connectivity index (χ2v) is 6.90. The second kappa shape index (κ2) is 6.87. The number of hydrogen-bond donors (Lipinski definition) is 1. The van der Waals surface area contributed by atoms with Gasteiger partial charge in [-0.05, 0) is 45.9 Å². The summed E-state index contributed by atoms with van der Waals surface area (Å²) in [5, 5.41) is 3.54.